The van der Waals surface area contributed by atoms with Crippen LogP contribution in [0.4, 0.5) is 0 Å². The minimum atomic E-state index is -0.439. The standard InChI is InChI=1S/C12H11NO3/c1-15-11-7-9(8-13)3-4-10(11)5-6-12(14)16-2/h3-7H,1-2H3/b6-5+. The van der Waals surface area contributed by atoms with Gasteiger partial charge in [0.1, 0.15) is 5.75 Å². The molecule has 82 valence electrons. The average molecular weight is 217 g/mol. The Morgan fingerprint density at radius 3 is 2.75 bits per heavy atom. The van der Waals surface area contributed by atoms with Gasteiger partial charge < -0.3 is 9.47 Å². The molecule has 1 aromatic carbocycles. The van der Waals surface area contributed by atoms with E-state index in [2.05, 4.69) is 4.74 Å². The lowest BCUT2D eigenvalue weighted by molar-refractivity contribution is -0.134. The molecule has 0 aliphatic carbocycles. The average Bonchev–Trinajstić information content (AvgIpc) is 2.35. The molecule has 0 aliphatic rings. The molecule has 16 heavy (non-hydrogen) atoms. The molecule has 0 unspecified atom stereocenters. The van der Waals surface area contributed by atoms with Gasteiger partial charge in [0.15, 0.2) is 0 Å². The number of hydrogen-bond donors (Lipinski definition) is 0. The summed E-state index contributed by atoms with van der Waals surface area (Å²) in [7, 11) is 2.81. The maximum atomic E-state index is 10.9. The first kappa shape index (κ1) is 11.8. The summed E-state index contributed by atoms with van der Waals surface area (Å²) in [4.78, 5) is 10.9. The molecule has 0 atom stereocenters. The van der Waals surface area contributed by atoms with Crippen molar-refractivity contribution in [2.45, 2.75) is 0 Å². The highest BCUT2D eigenvalue weighted by atomic mass is 16.5. The topological polar surface area (TPSA) is 59.3 Å². The summed E-state index contributed by atoms with van der Waals surface area (Å²) in [5.74, 6) is 0.102. The van der Waals surface area contributed by atoms with Crippen LogP contribution in [-0.2, 0) is 9.53 Å². The van der Waals surface area contributed by atoms with Crippen molar-refractivity contribution in [2.75, 3.05) is 14.2 Å². The third-order valence-electron chi connectivity index (χ3n) is 1.96. The lowest BCUT2D eigenvalue weighted by Gasteiger charge is -2.04. The van der Waals surface area contributed by atoms with Gasteiger partial charge in [-0.2, -0.15) is 5.26 Å². The largest absolute Gasteiger partial charge is 0.496 e. The molecule has 0 amide bonds. The second-order valence-corrected chi connectivity index (χ2v) is 2.93. The zero-order valence-corrected chi connectivity index (χ0v) is 9.06. The molecular formula is C12H11NO3. The number of carbonyl (C=O) groups excluding carboxylic acids is 1. The molecule has 4 nitrogen and oxygen atoms in total. The summed E-state index contributed by atoms with van der Waals surface area (Å²) < 4.78 is 9.57. The van der Waals surface area contributed by atoms with Crippen LogP contribution >= 0.6 is 0 Å². The molecule has 0 heterocycles. The molecule has 0 N–H and O–H groups in total. The number of benzene rings is 1. The minimum absolute atomic E-state index is 0.439. The van der Waals surface area contributed by atoms with Gasteiger partial charge in [-0.05, 0) is 24.3 Å². The molecule has 0 bridgehead atoms. The lowest BCUT2D eigenvalue weighted by atomic mass is 10.1. The van der Waals surface area contributed by atoms with Crippen molar-refractivity contribution in [1.82, 2.24) is 0 Å². The zero-order valence-electron chi connectivity index (χ0n) is 9.06. The molecular weight excluding hydrogens is 206 g/mol. The predicted octanol–water partition coefficient (Wildman–Crippen LogP) is 1.75. The van der Waals surface area contributed by atoms with E-state index in [0.717, 1.165) is 0 Å². The fourth-order valence-electron chi connectivity index (χ4n) is 1.14. The summed E-state index contributed by atoms with van der Waals surface area (Å²) in [5, 5.41) is 8.71. The molecule has 0 aromatic heterocycles. The van der Waals surface area contributed by atoms with Crippen molar-refractivity contribution >= 4 is 12.0 Å². The maximum Gasteiger partial charge on any atom is 0.330 e. The fourth-order valence-corrected chi connectivity index (χ4v) is 1.14. The minimum Gasteiger partial charge on any atom is -0.496 e. The number of rotatable bonds is 3. The van der Waals surface area contributed by atoms with Crippen molar-refractivity contribution in [3.63, 3.8) is 0 Å². The normalized spacial score (nSPS) is 9.81. The highest BCUT2D eigenvalue weighted by Gasteiger charge is 2.02. The van der Waals surface area contributed by atoms with Crippen molar-refractivity contribution in [3.05, 3.63) is 35.4 Å². The highest BCUT2D eigenvalue weighted by Crippen LogP contribution is 2.21. The van der Waals surface area contributed by atoms with Gasteiger partial charge in [-0.3, -0.25) is 0 Å². The molecule has 0 saturated heterocycles. The van der Waals surface area contributed by atoms with Crippen LogP contribution in [0.2, 0.25) is 0 Å². The predicted molar refractivity (Wildman–Crippen MR) is 58.8 cm³/mol. The number of hydrogen-bond acceptors (Lipinski definition) is 4. The van der Waals surface area contributed by atoms with Gasteiger partial charge >= 0.3 is 5.97 Å². The Hall–Kier alpha value is -2.28. The number of ether oxygens (including phenoxy) is 2. The Balaban J connectivity index is 3.01. The first-order valence-electron chi connectivity index (χ1n) is 4.55. The van der Waals surface area contributed by atoms with Crippen LogP contribution in [0.1, 0.15) is 11.1 Å². The molecule has 0 saturated carbocycles. The number of carbonyl (C=O) groups is 1. The summed E-state index contributed by atoms with van der Waals surface area (Å²) >= 11 is 0. The first-order valence-corrected chi connectivity index (χ1v) is 4.55. The Morgan fingerprint density at radius 1 is 1.44 bits per heavy atom. The van der Waals surface area contributed by atoms with Crippen molar-refractivity contribution in [3.8, 4) is 11.8 Å². The highest BCUT2D eigenvalue weighted by molar-refractivity contribution is 5.87. The van der Waals surface area contributed by atoms with Gasteiger partial charge in [0.2, 0.25) is 0 Å². The van der Waals surface area contributed by atoms with Gasteiger partial charge in [0, 0.05) is 11.6 Å². The van der Waals surface area contributed by atoms with Crippen molar-refractivity contribution < 1.29 is 14.3 Å². The van der Waals surface area contributed by atoms with E-state index in [1.54, 1.807) is 24.3 Å². The van der Waals surface area contributed by atoms with Crippen LogP contribution < -0.4 is 4.74 Å². The monoisotopic (exact) mass is 217 g/mol. The van der Waals surface area contributed by atoms with Crippen LogP contribution in [0.3, 0.4) is 0 Å². The van der Waals surface area contributed by atoms with Gasteiger partial charge in [0.05, 0.1) is 25.9 Å². The van der Waals surface area contributed by atoms with E-state index < -0.39 is 5.97 Å². The molecule has 0 spiro atoms. The van der Waals surface area contributed by atoms with Crippen LogP contribution in [0.25, 0.3) is 6.08 Å². The number of nitrogens with zero attached hydrogens (tertiary/aromatic N) is 1. The van der Waals surface area contributed by atoms with Gasteiger partial charge in [-0.25, -0.2) is 4.79 Å². The summed E-state index contributed by atoms with van der Waals surface area (Å²) in [5.41, 5.74) is 1.22. The molecule has 1 rings (SSSR count). The van der Waals surface area contributed by atoms with Crippen LogP contribution in [0, 0.1) is 11.3 Å². The number of methoxy groups -OCH3 is 2. The smallest absolute Gasteiger partial charge is 0.330 e. The van der Waals surface area contributed by atoms with E-state index in [-0.39, 0.29) is 0 Å². The second-order valence-electron chi connectivity index (χ2n) is 2.93. The van der Waals surface area contributed by atoms with Crippen LogP contribution in [0.15, 0.2) is 24.3 Å². The fraction of sp³-hybridized carbons (Fsp3) is 0.167. The second kappa shape index (κ2) is 5.56. The van der Waals surface area contributed by atoms with Crippen molar-refractivity contribution in [1.29, 1.82) is 5.26 Å². The number of esters is 1. The van der Waals surface area contributed by atoms with E-state index in [9.17, 15) is 4.79 Å². The van der Waals surface area contributed by atoms with Crippen LogP contribution in [0.5, 0.6) is 5.75 Å². The van der Waals surface area contributed by atoms with E-state index in [1.807, 2.05) is 6.07 Å². The Bertz CT molecular complexity index is 458. The summed E-state index contributed by atoms with van der Waals surface area (Å²) in [6.45, 7) is 0. The Morgan fingerprint density at radius 2 is 2.19 bits per heavy atom. The number of nitriles is 1. The van der Waals surface area contributed by atoms with Gasteiger partial charge in [-0.15, -0.1) is 0 Å². The molecule has 1 aromatic rings. The molecule has 4 heteroatoms. The van der Waals surface area contributed by atoms with Crippen molar-refractivity contribution in [2.24, 2.45) is 0 Å². The van der Waals surface area contributed by atoms with E-state index in [0.29, 0.717) is 16.9 Å². The quantitative estimate of drug-likeness (QED) is 0.571. The Labute approximate surface area is 93.7 Å². The Kier molecular flexibility index (Phi) is 4.10. The molecule has 0 fully saturated rings. The first-order chi connectivity index (χ1) is 7.71. The summed E-state index contributed by atoms with van der Waals surface area (Å²) in [6, 6.07) is 6.97. The van der Waals surface area contributed by atoms with E-state index >= 15 is 0 Å². The molecule has 0 radical (unpaired) electrons. The SMILES string of the molecule is COC(=O)/C=C/c1ccc(C#N)cc1OC. The lowest BCUT2D eigenvalue weighted by Crippen LogP contribution is -1.94. The zero-order chi connectivity index (χ0) is 12.0. The maximum absolute atomic E-state index is 10.9. The van der Waals surface area contributed by atoms with Gasteiger partial charge in [-0.1, -0.05) is 0 Å². The van der Waals surface area contributed by atoms with E-state index in [4.69, 9.17) is 10.00 Å². The third kappa shape index (κ3) is 2.85. The van der Waals surface area contributed by atoms with Crippen LogP contribution in [-0.4, -0.2) is 20.2 Å². The summed E-state index contributed by atoms with van der Waals surface area (Å²) in [6.07, 6.45) is 2.87. The van der Waals surface area contributed by atoms with E-state index in [1.165, 1.54) is 20.3 Å². The van der Waals surface area contributed by atoms with Gasteiger partial charge in [0.25, 0.3) is 0 Å². The third-order valence-corrected chi connectivity index (χ3v) is 1.96. The molecule has 0 aliphatic heterocycles.